The van der Waals surface area contributed by atoms with E-state index in [0.717, 1.165) is 22.9 Å². The van der Waals surface area contributed by atoms with Crippen LogP contribution in [0, 0.1) is 0 Å². The van der Waals surface area contributed by atoms with Gasteiger partial charge in [-0.05, 0) is 24.3 Å². The van der Waals surface area contributed by atoms with Gasteiger partial charge in [0.2, 0.25) is 0 Å². The van der Waals surface area contributed by atoms with Crippen molar-refractivity contribution in [1.29, 1.82) is 0 Å². The van der Waals surface area contributed by atoms with E-state index in [2.05, 4.69) is 0 Å². The molecule has 0 spiro atoms. The molecule has 0 saturated heterocycles. The number of carboxylic acid groups (broad SMARTS) is 1. The lowest BCUT2D eigenvalue weighted by atomic mass is 10.4. The minimum Gasteiger partial charge on any atom is -0.516 e. The molecule has 0 bridgehead atoms. The SMILES string of the molecule is O=C(O)C(=CC=CO)Sc1ccccc1. The third-order valence-corrected chi connectivity index (χ3v) is 2.55. The second kappa shape index (κ2) is 5.93. The number of benzene rings is 1. The Hall–Kier alpha value is -1.68. The second-order valence-electron chi connectivity index (χ2n) is 2.59. The lowest BCUT2D eigenvalue weighted by Gasteiger charge is -2.00. The first-order chi connectivity index (χ1) is 7.24. The zero-order chi connectivity index (χ0) is 11.1. The first kappa shape index (κ1) is 11.4. The third-order valence-electron chi connectivity index (χ3n) is 1.52. The Morgan fingerprint density at radius 1 is 1.27 bits per heavy atom. The van der Waals surface area contributed by atoms with Gasteiger partial charge in [0.25, 0.3) is 0 Å². The van der Waals surface area contributed by atoms with Crippen LogP contribution in [0.4, 0.5) is 0 Å². The van der Waals surface area contributed by atoms with Gasteiger partial charge in [-0.3, -0.25) is 0 Å². The van der Waals surface area contributed by atoms with E-state index in [0.29, 0.717) is 0 Å². The van der Waals surface area contributed by atoms with Gasteiger partial charge in [-0.1, -0.05) is 30.0 Å². The number of allylic oxidation sites excluding steroid dienone is 2. The van der Waals surface area contributed by atoms with E-state index in [1.165, 1.54) is 12.2 Å². The number of carboxylic acids is 1. The minimum atomic E-state index is -1.01. The molecule has 0 aliphatic rings. The molecule has 3 nitrogen and oxygen atoms in total. The van der Waals surface area contributed by atoms with Gasteiger partial charge in [0.1, 0.15) is 0 Å². The lowest BCUT2D eigenvalue weighted by Crippen LogP contribution is -1.95. The molecule has 2 N–H and O–H groups in total. The van der Waals surface area contributed by atoms with Crippen LogP contribution in [0.25, 0.3) is 0 Å². The van der Waals surface area contributed by atoms with E-state index in [9.17, 15) is 4.79 Å². The van der Waals surface area contributed by atoms with Gasteiger partial charge in [0.05, 0.1) is 11.2 Å². The summed E-state index contributed by atoms with van der Waals surface area (Å²) in [6.07, 6.45) is 3.42. The van der Waals surface area contributed by atoms with Crippen LogP contribution in [0.15, 0.2) is 58.5 Å². The molecule has 15 heavy (non-hydrogen) atoms. The Kier molecular flexibility index (Phi) is 4.50. The Bertz CT molecular complexity index is 382. The Labute approximate surface area is 91.8 Å². The molecule has 0 aliphatic carbocycles. The van der Waals surface area contributed by atoms with Crippen LogP contribution in [0.3, 0.4) is 0 Å². The first-order valence-corrected chi connectivity index (χ1v) is 5.03. The van der Waals surface area contributed by atoms with Crippen LogP contribution in [0.2, 0.25) is 0 Å². The average Bonchev–Trinajstić information content (AvgIpc) is 2.25. The molecule has 0 atom stereocenters. The summed E-state index contributed by atoms with van der Waals surface area (Å²) in [6, 6.07) is 9.18. The third kappa shape index (κ3) is 3.91. The maximum absolute atomic E-state index is 10.8. The summed E-state index contributed by atoms with van der Waals surface area (Å²) in [7, 11) is 0. The highest BCUT2D eigenvalue weighted by molar-refractivity contribution is 8.04. The van der Waals surface area contributed by atoms with E-state index >= 15 is 0 Å². The summed E-state index contributed by atoms with van der Waals surface area (Å²) in [4.78, 5) is 11.8. The molecule has 0 aromatic heterocycles. The molecule has 1 aromatic carbocycles. The number of rotatable bonds is 4. The number of hydrogen-bond acceptors (Lipinski definition) is 3. The Balaban J connectivity index is 2.81. The van der Waals surface area contributed by atoms with Crippen LogP contribution in [-0.4, -0.2) is 16.2 Å². The van der Waals surface area contributed by atoms with E-state index in [4.69, 9.17) is 10.2 Å². The Morgan fingerprint density at radius 2 is 1.93 bits per heavy atom. The van der Waals surface area contributed by atoms with E-state index in [-0.39, 0.29) is 4.91 Å². The summed E-state index contributed by atoms with van der Waals surface area (Å²) in [6.45, 7) is 0. The summed E-state index contributed by atoms with van der Waals surface area (Å²) in [5.41, 5.74) is 0. The maximum Gasteiger partial charge on any atom is 0.342 e. The van der Waals surface area contributed by atoms with Crippen LogP contribution in [0.5, 0.6) is 0 Å². The largest absolute Gasteiger partial charge is 0.516 e. The van der Waals surface area contributed by atoms with Crippen molar-refractivity contribution in [2.45, 2.75) is 4.90 Å². The molecule has 0 aliphatic heterocycles. The molecule has 78 valence electrons. The molecule has 0 unspecified atom stereocenters. The molecule has 1 rings (SSSR count). The zero-order valence-electron chi connectivity index (χ0n) is 7.83. The van der Waals surface area contributed by atoms with E-state index in [1.54, 1.807) is 0 Å². The van der Waals surface area contributed by atoms with Crippen molar-refractivity contribution in [2.24, 2.45) is 0 Å². The standard InChI is InChI=1S/C11H10O3S/c12-8-4-7-10(11(13)14)15-9-5-2-1-3-6-9/h1-8,12H,(H,13,14). The smallest absolute Gasteiger partial charge is 0.342 e. The van der Waals surface area contributed by atoms with Crippen molar-refractivity contribution in [1.82, 2.24) is 0 Å². The lowest BCUT2D eigenvalue weighted by molar-refractivity contribution is -0.131. The highest BCUT2D eigenvalue weighted by Gasteiger charge is 2.07. The number of hydrogen-bond donors (Lipinski definition) is 2. The van der Waals surface area contributed by atoms with Gasteiger partial charge in [0.15, 0.2) is 0 Å². The van der Waals surface area contributed by atoms with Crippen molar-refractivity contribution >= 4 is 17.7 Å². The van der Waals surface area contributed by atoms with Gasteiger partial charge >= 0.3 is 5.97 Å². The molecule has 0 amide bonds. The summed E-state index contributed by atoms with van der Waals surface area (Å²) < 4.78 is 0. The van der Waals surface area contributed by atoms with Gasteiger partial charge in [0, 0.05) is 4.90 Å². The van der Waals surface area contributed by atoms with Gasteiger partial charge in [-0.15, -0.1) is 0 Å². The number of aliphatic hydroxyl groups excluding tert-OH is 1. The molecule has 0 fully saturated rings. The Morgan fingerprint density at radius 3 is 2.47 bits per heavy atom. The predicted octanol–water partition coefficient (Wildman–Crippen LogP) is 2.82. The molecule has 1 aromatic rings. The average molecular weight is 222 g/mol. The molecule has 4 heteroatoms. The fourth-order valence-electron chi connectivity index (χ4n) is 0.895. The quantitative estimate of drug-likeness (QED) is 0.356. The molecule has 0 saturated carbocycles. The van der Waals surface area contributed by atoms with E-state index < -0.39 is 5.97 Å². The highest BCUT2D eigenvalue weighted by atomic mass is 32.2. The topological polar surface area (TPSA) is 57.5 Å². The van der Waals surface area contributed by atoms with E-state index in [1.807, 2.05) is 30.3 Å². The van der Waals surface area contributed by atoms with Crippen molar-refractivity contribution in [2.75, 3.05) is 0 Å². The molecule has 0 heterocycles. The molecular weight excluding hydrogens is 212 g/mol. The fraction of sp³-hybridized carbons (Fsp3) is 0. The maximum atomic E-state index is 10.8. The predicted molar refractivity (Wildman–Crippen MR) is 59.8 cm³/mol. The minimum absolute atomic E-state index is 0.159. The number of carbonyl (C=O) groups is 1. The molecular formula is C11H10O3S. The fourth-order valence-corrected chi connectivity index (χ4v) is 1.68. The van der Waals surface area contributed by atoms with Gasteiger partial charge in [-0.2, -0.15) is 0 Å². The van der Waals surface area contributed by atoms with Crippen molar-refractivity contribution in [3.63, 3.8) is 0 Å². The van der Waals surface area contributed by atoms with Crippen molar-refractivity contribution in [3.05, 3.63) is 53.7 Å². The van der Waals surface area contributed by atoms with Crippen LogP contribution < -0.4 is 0 Å². The van der Waals surface area contributed by atoms with Gasteiger partial charge in [-0.25, -0.2) is 4.79 Å². The summed E-state index contributed by atoms with van der Waals surface area (Å²) in [5, 5.41) is 17.3. The highest BCUT2D eigenvalue weighted by Crippen LogP contribution is 2.26. The number of thioether (sulfide) groups is 1. The zero-order valence-corrected chi connectivity index (χ0v) is 8.65. The van der Waals surface area contributed by atoms with Crippen LogP contribution in [0.1, 0.15) is 0 Å². The van der Waals surface area contributed by atoms with Crippen LogP contribution in [-0.2, 0) is 4.79 Å². The second-order valence-corrected chi connectivity index (χ2v) is 3.71. The monoisotopic (exact) mass is 222 g/mol. The normalized spacial score (nSPS) is 11.9. The van der Waals surface area contributed by atoms with Crippen molar-refractivity contribution < 1.29 is 15.0 Å². The molecule has 0 radical (unpaired) electrons. The van der Waals surface area contributed by atoms with Crippen LogP contribution >= 0.6 is 11.8 Å². The number of aliphatic carboxylic acids is 1. The summed E-state index contributed by atoms with van der Waals surface area (Å²) >= 11 is 1.14. The van der Waals surface area contributed by atoms with Gasteiger partial charge < -0.3 is 10.2 Å². The number of aliphatic hydroxyl groups is 1. The van der Waals surface area contributed by atoms with Crippen molar-refractivity contribution in [3.8, 4) is 0 Å². The summed E-state index contributed by atoms with van der Waals surface area (Å²) in [5.74, 6) is -1.01. The first-order valence-electron chi connectivity index (χ1n) is 4.21.